The van der Waals surface area contributed by atoms with Crippen LogP contribution in [0.4, 0.5) is 19.0 Å². The highest BCUT2D eigenvalue weighted by Crippen LogP contribution is 2.27. The fourth-order valence-corrected chi connectivity index (χ4v) is 2.59. The zero-order chi connectivity index (χ0) is 18.2. The van der Waals surface area contributed by atoms with Crippen molar-refractivity contribution in [1.29, 1.82) is 0 Å². The van der Waals surface area contributed by atoms with Gasteiger partial charge in [0.05, 0.1) is 0 Å². The van der Waals surface area contributed by atoms with E-state index in [1.54, 1.807) is 19.2 Å². The van der Waals surface area contributed by atoms with E-state index in [1.165, 1.54) is 0 Å². The third-order valence-corrected chi connectivity index (χ3v) is 3.88. The maximum absolute atomic E-state index is 12.9. The van der Waals surface area contributed by atoms with Gasteiger partial charge in [-0.3, -0.25) is 0 Å². The van der Waals surface area contributed by atoms with Crippen LogP contribution in [0.3, 0.4) is 0 Å². The SMILES string of the molecule is Cc1cc(N(C)CCCn2ccnc2C)n2nc(C(F)(F)F)nc2n1. The topological polar surface area (TPSA) is 64.1 Å². The van der Waals surface area contributed by atoms with Crippen molar-refractivity contribution in [1.82, 2.24) is 29.1 Å². The molecule has 0 aromatic carbocycles. The van der Waals surface area contributed by atoms with E-state index in [0.717, 1.165) is 23.3 Å². The molecule has 0 aliphatic carbocycles. The second-order valence-electron chi connectivity index (χ2n) is 5.84. The summed E-state index contributed by atoms with van der Waals surface area (Å²) in [6, 6.07) is 1.70. The Morgan fingerprint density at radius 2 is 1.96 bits per heavy atom. The lowest BCUT2D eigenvalue weighted by Crippen LogP contribution is -2.23. The van der Waals surface area contributed by atoms with Crippen LogP contribution in [-0.2, 0) is 12.7 Å². The van der Waals surface area contributed by atoms with Crippen molar-refractivity contribution in [2.24, 2.45) is 0 Å². The van der Waals surface area contributed by atoms with E-state index < -0.39 is 12.0 Å². The predicted octanol–water partition coefficient (Wildman–Crippen LogP) is 2.48. The second-order valence-corrected chi connectivity index (χ2v) is 5.84. The van der Waals surface area contributed by atoms with Gasteiger partial charge in [0.2, 0.25) is 0 Å². The molecule has 0 saturated carbocycles. The summed E-state index contributed by atoms with van der Waals surface area (Å²) in [5.41, 5.74) is 0.584. The van der Waals surface area contributed by atoms with Gasteiger partial charge in [0.25, 0.3) is 11.6 Å². The summed E-state index contributed by atoms with van der Waals surface area (Å²) in [7, 11) is 1.81. The van der Waals surface area contributed by atoms with Gasteiger partial charge in [-0.15, -0.1) is 5.10 Å². The first-order chi connectivity index (χ1) is 11.8. The molecule has 0 fully saturated rings. The second kappa shape index (κ2) is 6.34. The molecule has 0 radical (unpaired) electrons. The fraction of sp³-hybridized carbons (Fsp3) is 0.467. The van der Waals surface area contributed by atoms with Crippen molar-refractivity contribution >= 4 is 11.6 Å². The number of aryl methyl sites for hydroxylation is 3. The predicted molar refractivity (Wildman–Crippen MR) is 85.4 cm³/mol. The minimum atomic E-state index is -4.60. The number of fused-ring (bicyclic) bond motifs is 1. The van der Waals surface area contributed by atoms with Crippen LogP contribution in [-0.4, -0.2) is 42.7 Å². The Morgan fingerprint density at radius 3 is 2.60 bits per heavy atom. The highest BCUT2D eigenvalue weighted by Gasteiger charge is 2.37. The minimum absolute atomic E-state index is 0.0559. The molecule has 0 amide bonds. The first-order valence-electron chi connectivity index (χ1n) is 7.76. The van der Waals surface area contributed by atoms with E-state index in [2.05, 4.69) is 20.1 Å². The fourth-order valence-electron chi connectivity index (χ4n) is 2.59. The molecule has 0 N–H and O–H groups in total. The van der Waals surface area contributed by atoms with Crippen LogP contribution < -0.4 is 4.90 Å². The zero-order valence-electron chi connectivity index (χ0n) is 14.1. The van der Waals surface area contributed by atoms with Gasteiger partial charge in [0.15, 0.2) is 0 Å². The van der Waals surface area contributed by atoms with Crippen LogP contribution in [0.1, 0.15) is 23.8 Å². The first kappa shape index (κ1) is 17.2. The largest absolute Gasteiger partial charge is 0.453 e. The van der Waals surface area contributed by atoms with E-state index in [1.807, 2.05) is 29.6 Å². The molecule has 0 bridgehead atoms. The molecule has 3 aromatic rings. The van der Waals surface area contributed by atoms with Crippen molar-refractivity contribution in [3.63, 3.8) is 0 Å². The molecule has 0 spiro atoms. The summed E-state index contributed by atoms with van der Waals surface area (Å²) in [5.74, 6) is 0.206. The standard InChI is InChI=1S/C15H18F3N7/c1-10-9-12(23(3)6-4-7-24-8-5-19-11(24)2)25-14(20-10)21-13(22-25)15(16,17)18/h5,8-9H,4,6-7H2,1-3H3. The highest BCUT2D eigenvalue weighted by atomic mass is 19.4. The third-order valence-electron chi connectivity index (χ3n) is 3.88. The molecule has 0 atom stereocenters. The molecule has 134 valence electrons. The first-order valence-corrected chi connectivity index (χ1v) is 7.76. The molecule has 10 heteroatoms. The molecule has 7 nitrogen and oxygen atoms in total. The van der Waals surface area contributed by atoms with Crippen LogP contribution in [0.2, 0.25) is 0 Å². The smallest absolute Gasteiger partial charge is 0.359 e. The Morgan fingerprint density at radius 1 is 1.20 bits per heavy atom. The lowest BCUT2D eigenvalue weighted by Gasteiger charge is -2.20. The third kappa shape index (κ3) is 3.57. The van der Waals surface area contributed by atoms with Crippen molar-refractivity contribution < 1.29 is 13.2 Å². The normalized spacial score (nSPS) is 12.1. The Kier molecular flexibility index (Phi) is 4.36. The molecular weight excluding hydrogens is 335 g/mol. The molecule has 0 saturated heterocycles. The van der Waals surface area contributed by atoms with Gasteiger partial charge in [-0.25, -0.2) is 9.97 Å². The van der Waals surface area contributed by atoms with Gasteiger partial charge in [-0.05, 0) is 20.3 Å². The van der Waals surface area contributed by atoms with E-state index in [0.29, 0.717) is 18.1 Å². The Labute approximate surface area is 142 Å². The average Bonchev–Trinajstić information content (AvgIpc) is 3.12. The highest BCUT2D eigenvalue weighted by molar-refractivity contribution is 5.47. The summed E-state index contributed by atoms with van der Waals surface area (Å²) in [6.45, 7) is 5.05. The van der Waals surface area contributed by atoms with Gasteiger partial charge in [0.1, 0.15) is 11.6 Å². The number of rotatable bonds is 5. The van der Waals surface area contributed by atoms with Gasteiger partial charge < -0.3 is 9.47 Å². The number of nitrogens with zero attached hydrogens (tertiary/aromatic N) is 7. The summed E-state index contributed by atoms with van der Waals surface area (Å²) < 4.78 is 41.8. The number of hydrogen-bond acceptors (Lipinski definition) is 5. The zero-order valence-corrected chi connectivity index (χ0v) is 14.1. The maximum Gasteiger partial charge on any atom is 0.453 e. The number of hydrogen-bond donors (Lipinski definition) is 0. The lowest BCUT2D eigenvalue weighted by atomic mass is 10.3. The van der Waals surface area contributed by atoms with Crippen LogP contribution in [0.25, 0.3) is 5.78 Å². The summed E-state index contributed by atoms with van der Waals surface area (Å²) in [5, 5.41) is 3.58. The Balaban J connectivity index is 1.81. The van der Waals surface area contributed by atoms with E-state index in [4.69, 9.17) is 0 Å². The van der Waals surface area contributed by atoms with Crippen molar-refractivity contribution in [2.45, 2.75) is 33.0 Å². The van der Waals surface area contributed by atoms with Crippen LogP contribution in [0.5, 0.6) is 0 Å². The van der Waals surface area contributed by atoms with Crippen LogP contribution in [0.15, 0.2) is 18.5 Å². The van der Waals surface area contributed by atoms with Crippen molar-refractivity contribution in [3.8, 4) is 0 Å². The molecule has 3 heterocycles. The monoisotopic (exact) mass is 353 g/mol. The van der Waals surface area contributed by atoms with Gasteiger partial charge in [-0.1, -0.05) is 0 Å². The number of halogens is 3. The van der Waals surface area contributed by atoms with Gasteiger partial charge in [0, 0.05) is 44.3 Å². The summed E-state index contributed by atoms with van der Waals surface area (Å²) in [6.07, 6.45) is -0.159. The molecule has 3 aromatic heterocycles. The molecule has 0 aliphatic heterocycles. The van der Waals surface area contributed by atoms with Gasteiger partial charge in [-0.2, -0.15) is 22.7 Å². The number of anilines is 1. The van der Waals surface area contributed by atoms with E-state index >= 15 is 0 Å². The number of alkyl halides is 3. The molecule has 0 unspecified atom stereocenters. The van der Waals surface area contributed by atoms with Gasteiger partial charge >= 0.3 is 6.18 Å². The minimum Gasteiger partial charge on any atom is -0.359 e. The Bertz CT molecular complexity index is 881. The molecular formula is C15H18F3N7. The number of aromatic nitrogens is 6. The molecule has 3 rings (SSSR count). The average molecular weight is 353 g/mol. The van der Waals surface area contributed by atoms with Crippen molar-refractivity contribution in [2.75, 3.05) is 18.5 Å². The summed E-state index contributed by atoms with van der Waals surface area (Å²) in [4.78, 5) is 13.5. The van der Waals surface area contributed by atoms with Crippen LogP contribution >= 0.6 is 0 Å². The number of imidazole rings is 1. The molecule has 25 heavy (non-hydrogen) atoms. The van der Waals surface area contributed by atoms with Crippen LogP contribution in [0, 0.1) is 13.8 Å². The maximum atomic E-state index is 12.9. The van der Waals surface area contributed by atoms with E-state index in [9.17, 15) is 13.2 Å². The Hall–Kier alpha value is -2.65. The lowest BCUT2D eigenvalue weighted by molar-refractivity contribution is -0.144. The quantitative estimate of drug-likeness (QED) is 0.705. The summed E-state index contributed by atoms with van der Waals surface area (Å²) >= 11 is 0. The van der Waals surface area contributed by atoms with E-state index in [-0.39, 0.29) is 5.78 Å². The van der Waals surface area contributed by atoms with Crippen molar-refractivity contribution in [3.05, 3.63) is 35.8 Å². The molecule has 0 aliphatic rings.